The van der Waals surface area contributed by atoms with Gasteiger partial charge in [0.25, 0.3) is 0 Å². The van der Waals surface area contributed by atoms with Gasteiger partial charge in [-0.25, -0.2) is 4.98 Å². The fourth-order valence-corrected chi connectivity index (χ4v) is 3.67. The Morgan fingerprint density at radius 1 is 1.12 bits per heavy atom. The Morgan fingerprint density at radius 3 is 2.60 bits per heavy atom. The van der Waals surface area contributed by atoms with E-state index in [1.165, 1.54) is 18.3 Å². The van der Waals surface area contributed by atoms with Crippen molar-refractivity contribution in [2.45, 2.75) is 26.7 Å². The number of carbonyl (C=O) groups is 2. The Kier molecular flexibility index (Phi) is 4.86. The Labute approximate surface area is 150 Å². The third-order valence-electron chi connectivity index (χ3n) is 4.06. The highest BCUT2D eigenvalue weighted by Gasteiger charge is 2.23. The standard InChI is InChI=1S/C20H18N2O2S/c1-12(17-9-4-5-10-21-17)18(24)19-13(2)22-20(25-19)16-8-6-7-15(11-16)14(3)23/h4-12H,1-3H3. The second kappa shape index (κ2) is 7.07. The van der Waals surface area contributed by atoms with E-state index in [2.05, 4.69) is 9.97 Å². The van der Waals surface area contributed by atoms with Crippen LogP contribution in [-0.2, 0) is 0 Å². The van der Waals surface area contributed by atoms with Gasteiger partial charge in [-0.05, 0) is 39.0 Å². The summed E-state index contributed by atoms with van der Waals surface area (Å²) >= 11 is 1.36. The van der Waals surface area contributed by atoms with Gasteiger partial charge in [0.2, 0.25) is 0 Å². The summed E-state index contributed by atoms with van der Waals surface area (Å²) in [6.45, 7) is 5.24. The molecule has 5 heteroatoms. The van der Waals surface area contributed by atoms with Gasteiger partial charge in [-0.15, -0.1) is 11.3 Å². The van der Waals surface area contributed by atoms with E-state index in [1.54, 1.807) is 12.3 Å². The molecule has 0 amide bonds. The summed E-state index contributed by atoms with van der Waals surface area (Å²) < 4.78 is 0. The maximum absolute atomic E-state index is 12.9. The highest BCUT2D eigenvalue weighted by molar-refractivity contribution is 7.17. The molecule has 1 atom stereocenters. The summed E-state index contributed by atoms with van der Waals surface area (Å²) in [5, 5.41) is 0.747. The van der Waals surface area contributed by atoms with Crippen LogP contribution < -0.4 is 0 Å². The van der Waals surface area contributed by atoms with Crippen LogP contribution in [0, 0.1) is 6.92 Å². The van der Waals surface area contributed by atoms with E-state index >= 15 is 0 Å². The molecule has 2 heterocycles. The van der Waals surface area contributed by atoms with E-state index in [9.17, 15) is 9.59 Å². The molecule has 0 aliphatic rings. The lowest BCUT2D eigenvalue weighted by molar-refractivity contribution is 0.0966. The highest BCUT2D eigenvalue weighted by Crippen LogP contribution is 2.31. The number of rotatable bonds is 5. The minimum atomic E-state index is -0.322. The van der Waals surface area contributed by atoms with Gasteiger partial charge in [-0.1, -0.05) is 24.3 Å². The van der Waals surface area contributed by atoms with Crippen molar-refractivity contribution in [2.24, 2.45) is 0 Å². The van der Waals surface area contributed by atoms with Gasteiger partial charge >= 0.3 is 0 Å². The molecule has 0 N–H and O–H groups in total. The normalized spacial score (nSPS) is 12.0. The van der Waals surface area contributed by atoms with Crippen LogP contribution in [-0.4, -0.2) is 21.5 Å². The van der Waals surface area contributed by atoms with Crippen LogP contribution in [0.1, 0.15) is 51.2 Å². The van der Waals surface area contributed by atoms with Gasteiger partial charge in [0.1, 0.15) is 5.01 Å². The number of thiazole rings is 1. The minimum Gasteiger partial charge on any atom is -0.295 e. The van der Waals surface area contributed by atoms with Gasteiger partial charge in [-0.2, -0.15) is 0 Å². The second-order valence-corrected chi connectivity index (χ2v) is 6.91. The average molecular weight is 350 g/mol. The summed E-state index contributed by atoms with van der Waals surface area (Å²) in [5.41, 5.74) is 2.95. The first-order valence-electron chi connectivity index (χ1n) is 8.01. The third kappa shape index (κ3) is 3.56. The number of aromatic nitrogens is 2. The van der Waals surface area contributed by atoms with Gasteiger partial charge < -0.3 is 0 Å². The second-order valence-electron chi connectivity index (χ2n) is 5.91. The van der Waals surface area contributed by atoms with Gasteiger partial charge in [0, 0.05) is 17.3 Å². The molecule has 1 aromatic carbocycles. The van der Waals surface area contributed by atoms with Crippen LogP contribution in [0.2, 0.25) is 0 Å². The zero-order valence-corrected chi connectivity index (χ0v) is 15.1. The molecule has 1 unspecified atom stereocenters. The predicted molar refractivity (Wildman–Crippen MR) is 99.3 cm³/mol. The number of pyridine rings is 1. The van der Waals surface area contributed by atoms with E-state index in [0.717, 1.165) is 16.3 Å². The quantitative estimate of drug-likeness (QED) is 0.626. The molecule has 3 aromatic rings. The largest absolute Gasteiger partial charge is 0.295 e. The monoisotopic (exact) mass is 350 g/mol. The zero-order chi connectivity index (χ0) is 18.0. The first kappa shape index (κ1) is 17.2. The number of ketones is 2. The number of benzene rings is 1. The maximum atomic E-state index is 12.9. The number of aryl methyl sites for hydroxylation is 1. The summed E-state index contributed by atoms with van der Waals surface area (Å²) in [7, 11) is 0. The molecule has 126 valence electrons. The molecular formula is C20H18N2O2S. The lowest BCUT2D eigenvalue weighted by Crippen LogP contribution is -2.10. The lowest BCUT2D eigenvalue weighted by atomic mass is 10.00. The van der Waals surface area contributed by atoms with Crippen LogP contribution in [0.3, 0.4) is 0 Å². The summed E-state index contributed by atoms with van der Waals surface area (Å²) in [6.07, 6.45) is 1.69. The first-order valence-corrected chi connectivity index (χ1v) is 8.83. The minimum absolute atomic E-state index is 0.00945. The number of Topliss-reactive ketones (excluding diaryl/α,β-unsaturated/α-hetero) is 2. The van der Waals surface area contributed by atoms with Crippen molar-refractivity contribution in [2.75, 3.05) is 0 Å². The third-order valence-corrected chi connectivity index (χ3v) is 5.28. The Morgan fingerprint density at radius 2 is 1.92 bits per heavy atom. The van der Waals surface area contributed by atoms with Gasteiger partial charge in [0.15, 0.2) is 11.6 Å². The molecule has 25 heavy (non-hydrogen) atoms. The van der Waals surface area contributed by atoms with Crippen molar-refractivity contribution >= 4 is 22.9 Å². The molecule has 0 aliphatic carbocycles. The number of hydrogen-bond acceptors (Lipinski definition) is 5. The fraction of sp³-hybridized carbons (Fsp3) is 0.200. The summed E-state index contributed by atoms with van der Waals surface area (Å²) in [4.78, 5) is 33.9. The Hall–Kier alpha value is -2.66. The van der Waals surface area contributed by atoms with Gasteiger partial charge in [-0.3, -0.25) is 14.6 Å². The van der Waals surface area contributed by atoms with Crippen molar-refractivity contribution in [3.8, 4) is 10.6 Å². The van der Waals surface area contributed by atoms with E-state index in [4.69, 9.17) is 0 Å². The SMILES string of the molecule is CC(=O)c1cccc(-c2nc(C)c(C(=O)C(C)c3ccccn3)s2)c1. The molecule has 0 bridgehead atoms. The molecule has 0 fully saturated rings. The molecule has 0 radical (unpaired) electrons. The summed E-state index contributed by atoms with van der Waals surface area (Å²) in [6, 6.07) is 12.9. The fourth-order valence-electron chi connectivity index (χ4n) is 2.58. The molecule has 0 spiro atoms. The highest BCUT2D eigenvalue weighted by atomic mass is 32.1. The predicted octanol–water partition coefficient (Wildman–Crippen LogP) is 4.70. The zero-order valence-electron chi connectivity index (χ0n) is 14.3. The lowest BCUT2D eigenvalue weighted by Gasteiger charge is -2.08. The molecule has 0 saturated heterocycles. The van der Waals surface area contributed by atoms with Crippen LogP contribution in [0.4, 0.5) is 0 Å². The van der Waals surface area contributed by atoms with Crippen molar-refractivity contribution in [3.63, 3.8) is 0 Å². The number of hydrogen-bond donors (Lipinski definition) is 0. The first-order chi connectivity index (χ1) is 12.0. The molecule has 3 rings (SSSR count). The van der Waals surface area contributed by atoms with E-state index in [-0.39, 0.29) is 17.5 Å². The molecule has 4 nitrogen and oxygen atoms in total. The van der Waals surface area contributed by atoms with Crippen LogP contribution in [0.5, 0.6) is 0 Å². The van der Waals surface area contributed by atoms with Gasteiger partial charge in [0.05, 0.1) is 22.2 Å². The van der Waals surface area contributed by atoms with Crippen LogP contribution in [0.15, 0.2) is 48.7 Å². The summed E-state index contributed by atoms with van der Waals surface area (Å²) in [5.74, 6) is -0.297. The van der Waals surface area contributed by atoms with E-state index in [0.29, 0.717) is 16.1 Å². The van der Waals surface area contributed by atoms with E-state index < -0.39 is 0 Å². The van der Waals surface area contributed by atoms with E-state index in [1.807, 2.05) is 50.2 Å². The number of nitrogens with zero attached hydrogens (tertiary/aromatic N) is 2. The van der Waals surface area contributed by atoms with Crippen molar-refractivity contribution in [1.29, 1.82) is 0 Å². The van der Waals surface area contributed by atoms with Crippen molar-refractivity contribution < 1.29 is 9.59 Å². The smallest absolute Gasteiger partial charge is 0.183 e. The number of carbonyl (C=O) groups excluding carboxylic acids is 2. The topological polar surface area (TPSA) is 59.9 Å². The molecule has 0 aliphatic heterocycles. The van der Waals surface area contributed by atoms with Crippen LogP contribution >= 0.6 is 11.3 Å². The Bertz CT molecular complexity index is 932. The van der Waals surface area contributed by atoms with Crippen LogP contribution in [0.25, 0.3) is 10.6 Å². The Balaban J connectivity index is 1.94. The van der Waals surface area contributed by atoms with Crippen molar-refractivity contribution in [3.05, 3.63) is 70.5 Å². The molecule has 0 saturated carbocycles. The average Bonchev–Trinajstić information content (AvgIpc) is 3.03. The molecule has 2 aromatic heterocycles. The van der Waals surface area contributed by atoms with Crippen molar-refractivity contribution in [1.82, 2.24) is 9.97 Å². The maximum Gasteiger partial charge on any atom is 0.183 e. The molecular weight excluding hydrogens is 332 g/mol.